The second-order valence-electron chi connectivity index (χ2n) is 5.44. The van der Waals surface area contributed by atoms with Crippen LogP contribution in [0.5, 0.6) is 0 Å². The zero-order chi connectivity index (χ0) is 15.9. The number of sulfonamides is 1. The monoisotopic (exact) mass is 314 g/mol. The van der Waals surface area contributed by atoms with Crippen molar-refractivity contribution in [1.29, 1.82) is 0 Å². The number of benzene rings is 1. The molecule has 0 fully saturated rings. The molecule has 0 bridgehead atoms. The molecule has 0 saturated carbocycles. The molecule has 1 rings (SSSR count). The van der Waals surface area contributed by atoms with Crippen LogP contribution in [0.3, 0.4) is 0 Å². The van der Waals surface area contributed by atoms with Gasteiger partial charge in [0.15, 0.2) is 0 Å². The van der Waals surface area contributed by atoms with Crippen LogP contribution in [0.25, 0.3) is 0 Å². The van der Waals surface area contributed by atoms with Crippen molar-refractivity contribution in [3.8, 4) is 0 Å². The summed E-state index contributed by atoms with van der Waals surface area (Å²) in [6.45, 7) is 4.89. The maximum Gasteiger partial charge on any atom is 0.211 e. The predicted octanol–water partition coefficient (Wildman–Crippen LogP) is 1.77. The van der Waals surface area contributed by atoms with Gasteiger partial charge in [0.2, 0.25) is 10.0 Å². The van der Waals surface area contributed by atoms with Crippen molar-refractivity contribution in [2.24, 2.45) is 5.73 Å². The van der Waals surface area contributed by atoms with Gasteiger partial charge < -0.3 is 10.5 Å². The van der Waals surface area contributed by atoms with E-state index in [2.05, 4.69) is 18.6 Å². The summed E-state index contributed by atoms with van der Waals surface area (Å²) < 4.78 is 30.9. The normalized spacial score (nSPS) is 13.6. The summed E-state index contributed by atoms with van der Waals surface area (Å²) in [4.78, 5) is 0. The summed E-state index contributed by atoms with van der Waals surface area (Å²) in [5.74, 6) is 0.523. The highest BCUT2D eigenvalue weighted by atomic mass is 32.2. The third-order valence-electron chi connectivity index (χ3n) is 3.32. The largest absolute Gasteiger partial charge is 0.385 e. The molecule has 0 amide bonds. The van der Waals surface area contributed by atoms with E-state index in [-0.39, 0.29) is 18.3 Å². The summed E-state index contributed by atoms with van der Waals surface area (Å²) in [7, 11) is -1.74. The fourth-order valence-electron chi connectivity index (χ4n) is 1.93. The molecule has 5 nitrogen and oxygen atoms in total. The zero-order valence-corrected chi connectivity index (χ0v) is 13.8. The lowest BCUT2D eigenvalue weighted by molar-refractivity contribution is 0.199. The average Bonchev–Trinajstić information content (AvgIpc) is 2.45. The first-order valence-electron chi connectivity index (χ1n) is 7.17. The van der Waals surface area contributed by atoms with E-state index in [0.717, 1.165) is 5.56 Å². The van der Waals surface area contributed by atoms with Gasteiger partial charge in [0, 0.05) is 26.3 Å². The van der Waals surface area contributed by atoms with Gasteiger partial charge in [-0.3, -0.25) is 0 Å². The minimum Gasteiger partial charge on any atom is -0.385 e. The van der Waals surface area contributed by atoms with Crippen LogP contribution in [0, 0.1) is 0 Å². The molecule has 120 valence electrons. The van der Waals surface area contributed by atoms with Crippen molar-refractivity contribution in [1.82, 2.24) is 4.72 Å². The molecule has 0 aromatic heterocycles. The Bertz CT molecular complexity index is 512. The molecule has 0 spiro atoms. The Morgan fingerprint density at radius 3 is 2.29 bits per heavy atom. The van der Waals surface area contributed by atoms with E-state index in [1.807, 2.05) is 24.3 Å². The third-order valence-corrected chi connectivity index (χ3v) is 4.75. The molecule has 1 aromatic rings. The first-order valence-corrected chi connectivity index (χ1v) is 8.82. The fraction of sp³-hybridized carbons (Fsp3) is 0.600. The lowest BCUT2D eigenvalue weighted by Crippen LogP contribution is -2.33. The highest BCUT2D eigenvalue weighted by Gasteiger charge is 2.13. The molecule has 0 radical (unpaired) electrons. The number of rotatable bonds is 9. The molecule has 6 heteroatoms. The van der Waals surface area contributed by atoms with Gasteiger partial charge in [-0.05, 0) is 23.5 Å². The number of hydrogen-bond acceptors (Lipinski definition) is 4. The van der Waals surface area contributed by atoms with Crippen LogP contribution < -0.4 is 10.5 Å². The molecule has 3 N–H and O–H groups in total. The van der Waals surface area contributed by atoms with Crippen LogP contribution in [0.4, 0.5) is 0 Å². The van der Waals surface area contributed by atoms with Crippen molar-refractivity contribution in [2.45, 2.75) is 32.2 Å². The molecular weight excluding hydrogens is 288 g/mol. The first-order chi connectivity index (χ1) is 9.85. The minimum absolute atomic E-state index is 0.0554. The molecule has 1 atom stereocenters. The highest BCUT2D eigenvalue weighted by Crippen LogP contribution is 2.17. The van der Waals surface area contributed by atoms with Gasteiger partial charge in [-0.15, -0.1) is 0 Å². The van der Waals surface area contributed by atoms with E-state index in [1.54, 1.807) is 7.11 Å². The Morgan fingerprint density at radius 2 is 1.76 bits per heavy atom. The van der Waals surface area contributed by atoms with E-state index in [1.165, 1.54) is 5.56 Å². The van der Waals surface area contributed by atoms with Gasteiger partial charge in [0.1, 0.15) is 0 Å². The van der Waals surface area contributed by atoms with Gasteiger partial charge in [-0.2, -0.15) is 0 Å². The third kappa shape index (κ3) is 6.56. The summed E-state index contributed by atoms with van der Waals surface area (Å²) >= 11 is 0. The molecular formula is C15H26N2O3S. The quantitative estimate of drug-likeness (QED) is 0.681. The number of nitrogens with two attached hydrogens (primary N) is 1. The van der Waals surface area contributed by atoms with Crippen LogP contribution >= 0.6 is 0 Å². The lowest BCUT2D eigenvalue weighted by atomic mass is 9.99. The van der Waals surface area contributed by atoms with E-state index < -0.39 is 10.0 Å². The van der Waals surface area contributed by atoms with E-state index in [0.29, 0.717) is 18.9 Å². The topological polar surface area (TPSA) is 81.4 Å². The molecule has 1 unspecified atom stereocenters. The van der Waals surface area contributed by atoms with Gasteiger partial charge in [0.05, 0.1) is 5.75 Å². The Hall–Kier alpha value is -0.950. The van der Waals surface area contributed by atoms with Crippen LogP contribution in [-0.4, -0.2) is 34.4 Å². The smallest absolute Gasteiger partial charge is 0.211 e. The van der Waals surface area contributed by atoms with Crippen LogP contribution in [0.2, 0.25) is 0 Å². The molecule has 0 saturated heterocycles. The Balaban J connectivity index is 2.51. The summed E-state index contributed by atoms with van der Waals surface area (Å²) in [5.41, 5.74) is 8.20. The van der Waals surface area contributed by atoms with E-state index >= 15 is 0 Å². The first kappa shape index (κ1) is 18.1. The summed E-state index contributed by atoms with van der Waals surface area (Å²) in [5, 5.41) is 0. The van der Waals surface area contributed by atoms with Crippen molar-refractivity contribution in [3.05, 3.63) is 35.4 Å². The Labute approximate surface area is 127 Å². The van der Waals surface area contributed by atoms with Gasteiger partial charge >= 0.3 is 0 Å². The Morgan fingerprint density at radius 1 is 1.19 bits per heavy atom. The maximum absolute atomic E-state index is 11.8. The summed E-state index contributed by atoms with van der Waals surface area (Å²) in [6, 6.07) is 7.64. The Kier molecular flexibility index (Phi) is 7.31. The van der Waals surface area contributed by atoms with E-state index in [9.17, 15) is 8.42 Å². The second kappa shape index (κ2) is 8.48. The van der Waals surface area contributed by atoms with Crippen LogP contribution in [0.1, 0.15) is 43.4 Å². The summed E-state index contributed by atoms with van der Waals surface area (Å²) in [6.07, 6.45) is 0.476. The lowest BCUT2D eigenvalue weighted by Gasteiger charge is -2.14. The number of hydrogen-bond donors (Lipinski definition) is 2. The fourth-order valence-corrected chi connectivity index (χ4v) is 3.00. The number of methoxy groups -OCH3 is 1. The van der Waals surface area contributed by atoms with Crippen molar-refractivity contribution >= 4 is 10.0 Å². The molecule has 1 aromatic carbocycles. The molecule has 0 aliphatic heterocycles. The van der Waals surface area contributed by atoms with Crippen molar-refractivity contribution in [3.63, 3.8) is 0 Å². The maximum atomic E-state index is 11.8. The molecule has 0 heterocycles. The molecule has 0 aliphatic rings. The highest BCUT2D eigenvalue weighted by molar-refractivity contribution is 7.89. The van der Waals surface area contributed by atoms with Gasteiger partial charge in [-0.25, -0.2) is 13.1 Å². The molecule has 0 aliphatic carbocycles. The predicted molar refractivity (Wildman–Crippen MR) is 85.7 cm³/mol. The minimum atomic E-state index is -3.29. The number of ether oxygens (including phenoxy) is 1. The van der Waals surface area contributed by atoms with Crippen LogP contribution in [0.15, 0.2) is 24.3 Å². The van der Waals surface area contributed by atoms with Crippen LogP contribution in [-0.2, 0) is 14.8 Å². The van der Waals surface area contributed by atoms with Crippen molar-refractivity contribution in [2.75, 3.05) is 26.0 Å². The average molecular weight is 314 g/mol. The number of nitrogens with one attached hydrogen (secondary N) is 1. The van der Waals surface area contributed by atoms with E-state index in [4.69, 9.17) is 10.5 Å². The molecule has 21 heavy (non-hydrogen) atoms. The standard InChI is InChI=1S/C15H26N2O3S/c1-12(2)13-5-7-14(8-6-13)15(16)11-17-21(18,19)10-4-9-20-3/h5-8,12,15,17H,4,9-11,16H2,1-3H3. The van der Waals surface area contributed by atoms with Crippen molar-refractivity contribution < 1.29 is 13.2 Å². The zero-order valence-electron chi connectivity index (χ0n) is 13.0. The van der Waals surface area contributed by atoms with Gasteiger partial charge in [0.25, 0.3) is 0 Å². The van der Waals surface area contributed by atoms with Gasteiger partial charge in [-0.1, -0.05) is 38.1 Å². The SMILES string of the molecule is COCCCS(=O)(=O)NCC(N)c1ccc(C(C)C)cc1. The second-order valence-corrected chi connectivity index (χ2v) is 7.37.